The number of rotatable bonds is 0. The van der Waals surface area contributed by atoms with Crippen molar-refractivity contribution < 1.29 is 6.17 Å². The molecule has 2 heterocycles. The largest absolute Gasteiger partial charge is 0.335 e. The zero-order valence-electron chi connectivity index (χ0n) is 18.5. The van der Waals surface area contributed by atoms with Gasteiger partial charge in [0.05, 0.1) is 19.1 Å². The minimum absolute atomic E-state index is 0.0149. The second-order valence-corrected chi connectivity index (χ2v) is 9.98. The number of carbonyl (C=O) groups is 1. The molecule has 140 valence electrons. The Labute approximate surface area is 150 Å². The maximum absolute atomic E-state index is 13.3. The highest BCUT2D eigenvalue weighted by atomic mass is 16.2. The van der Waals surface area contributed by atoms with E-state index in [4.69, 9.17) is 1.37 Å². The fourth-order valence-electron chi connectivity index (χ4n) is 4.70. The highest BCUT2D eigenvalue weighted by molar-refractivity contribution is 5.78. The first-order chi connectivity index (χ1) is 11.0. The van der Waals surface area contributed by atoms with Gasteiger partial charge >= 0.3 is 6.03 Å². The molecular weight excluding hydrogens is 300 g/mol. The van der Waals surface area contributed by atoms with Crippen LogP contribution in [0.5, 0.6) is 0 Å². The molecule has 0 radical (unpaired) electrons. The van der Waals surface area contributed by atoms with Crippen molar-refractivity contribution in [1.82, 2.24) is 20.2 Å². The molecule has 0 spiro atoms. The summed E-state index contributed by atoms with van der Waals surface area (Å²) in [5.74, 6) is 0.188. The van der Waals surface area contributed by atoms with E-state index < -0.39 is 6.14 Å². The molecule has 0 aromatic rings. The molecule has 4 unspecified atom stereocenters. The third-order valence-corrected chi connectivity index (χ3v) is 6.67. The lowest BCUT2D eigenvalue weighted by molar-refractivity contribution is -0.0447. The van der Waals surface area contributed by atoms with Gasteiger partial charge in [-0.15, -0.1) is 0 Å². The zero-order chi connectivity index (χ0) is 19.7. The van der Waals surface area contributed by atoms with Gasteiger partial charge in [-0.2, -0.15) is 0 Å². The topological polar surface area (TPSA) is 38.8 Å². The molecule has 2 aliphatic heterocycles. The third kappa shape index (κ3) is 2.55. The molecule has 24 heavy (non-hydrogen) atoms. The van der Waals surface area contributed by atoms with Crippen LogP contribution in [0, 0.1) is 16.7 Å². The number of hydrogen-bond acceptors (Lipinski definition) is 3. The predicted octanol–water partition coefficient (Wildman–Crippen LogP) is 3.37. The molecule has 2 rings (SSSR count). The summed E-state index contributed by atoms with van der Waals surface area (Å²) >= 11 is 0. The normalized spacial score (nSPS) is 42.9. The number of urea groups is 1. The van der Waals surface area contributed by atoms with E-state index in [0.29, 0.717) is 0 Å². The van der Waals surface area contributed by atoms with Gasteiger partial charge in [0.15, 0.2) is 0 Å². The van der Waals surface area contributed by atoms with Gasteiger partial charge in [0.25, 0.3) is 0 Å². The SMILES string of the molecule is [2H]C1(C)NC(C(C)(C)C)C(C)C2N(C(=O)N(C)[C@]2(C)C(C)(C)C)N1C. The first kappa shape index (κ1) is 18.0. The molecule has 0 aromatic heterocycles. The van der Waals surface area contributed by atoms with Crippen LogP contribution in [0.3, 0.4) is 0 Å². The maximum atomic E-state index is 13.3. The Bertz CT molecular complexity index is 551. The first-order valence-electron chi connectivity index (χ1n) is 9.56. The monoisotopic (exact) mass is 339 g/mol. The molecule has 0 saturated carbocycles. The minimum Gasteiger partial charge on any atom is -0.319 e. The number of hydrazine groups is 1. The lowest BCUT2D eigenvalue weighted by Gasteiger charge is -2.50. The number of hydrogen-bond donors (Lipinski definition) is 1. The second kappa shape index (κ2) is 5.60. The van der Waals surface area contributed by atoms with Crippen LogP contribution in [0.15, 0.2) is 0 Å². The molecule has 2 aliphatic rings. The molecule has 0 aliphatic carbocycles. The van der Waals surface area contributed by atoms with Gasteiger partial charge in [-0.3, -0.25) is 5.32 Å². The maximum Gasteiger partial charge on any atom is 0.335 e. The molecular formula is C19H38N4O. The van der Waals surface area contributed by atoms with Crippen molar-refractivity contribution in [3.05, 3.63) is 0 Å². The van der Waals surface area contributed by atoms with Gasteiger partial charge in [-0.1, -0.05) is 48.5 Å². The minimum atomic E-state index is -1.05. The second-order valence-electron chi connectivity index (χ2n) is 9.98. The summed E-state index contributed by atoms with van der Waals surface area (Å²) in [4.78, 5) is 15.1. The Kier molecular flexibility index (Phi) is 4.20. The molecule has 5 heteroatoms. The summed E-state index contributed by atoms with van der Waals surface area (Å²) in [5.41, 5.74) is -0.470. The van der Waals surface area contributed by atoms with Crippen LogP contribution >= 0.6 is 0 Å². The molecule has 2 fully saturated rings. The number of carbonyl (C=O) groups excluding carboxylic acids is 1. The van der Waals surface area contributed by atoms with E-state index in [2.05, 4.69) is 60.7 Å². The Morgan fingerprint density at radius 3 is 2.04 bits per heavy atom. The van der Waals surface area contributed by atoms with Crippen LogP contribution in [0.1, 0.15) is 63.7 Å². The summed E-state index contributed by atoms with van der Waals surface area (Å²) in [7, 11) is 3.76. The van der Waals surface area contributed by atoms with Crippen molar-refractivity contribution >= 4 is 6.03 Å². The number of likely N-dealkylation sites (N-methyl/N-ethyl adjacent to an activating group) is 1. The summed E-state index contributed by atoms with van der Waals surface area (Å²) in [6, 6.07) is 0.0685. The number of amides is 2. The van der Waals surface area contributed by atoms with Crippen molar-refractivity contribution in [3.63, 3.8) is 0 Å². The van der Waals surface area contributed by atoms with Crippen LogP contribution in [-0.2, 0) is 0 Å². The lowest BCUT2D eigenvalue weighted by atomic mass is 9.64. The van der Waals surface area contributed by atoms with Crippen LogP contribution in [0.2, 0.25) is 0 Å². The predicted molar refractivity (Wildman–Crippen MR) is 99.4 cm³/mol. The van der Waals surface area contributed by atoms with Gasteiger partial charge in [0, 0.05) is 20.1 Å². The average molecular weight is 340 g/mol. The summed E-state index contributed by atoms with van der Waals surface area (Å²) in [5, 5.41) is 7.15. The van der Waals surface area contributed by atoms with E-state index in [1.807, 2.05) is 30.9 Å². The molecule has 1 N–H and O–H groups in total. The summed E-state index contributed by atoms with van der Waals surface area (Å²) in [6.07, 6.45) is -1.05. The van der Waals surface area contributed by atoms with Gasteiger partial charge in [0.1, 0.15) is 0 Å². The lowest BCUT2D eigenvalue weighted by Crippen LogP contribution is -2.62. The van der Waals surface area contributed by atoms with E-state index >= 15 is 0 Å². The van der Waals surface area contributed by atoms with E-state index in [9.17, 15) is 4.79 Å². The molecule has 0 bridgehead atoms. The van der Waals surface area contributed by atoms with Crippen LogP contribution in [0.4, 0.5) is 4.79 Å². The Balaban J connectivity index is 2.71. The number of fused-ring (bicyclic) bond motifs is 1. The molecule has 5 atom stereocenters. The zero-order valence-corrected chi connectivity index (χ0v) is 17.5. The van der Waals surface area contributed by atoms with Crippen LogP contribution in [-0.4, -0.2) is 58.8 Å². The van der Waals surface area contributed by atoms with Crippen LogP contribution < -0.4 is 5.32 Å². The smallest absolute Gasteiger partial charge is 0.319 e. The highest BCUT2D eigenvalue weighted by Crippen LogP contribution is 2.50. The third-order valence-electron chi connectivity index (χ3n) is 6.67. The van der Waals surface area contributed by atoms with Crippen LogP contribution in [0.25, 0.3) is 0 Å². The average Bonchev–Trinajstić information content (AvgIpc) is 2.58. The standard InChI is InChI=1S/C19H38N4O/c1-12-14(17(3,4)5)20-13(2)22(11)23-15(12)19(9,18(6,7)8)21(10)16(23)24/h12-15,20H,1-11H3/t12?,13?,14?,15?,19-/m0/s1/i13D. The fraction of sp³-hybridized carbons (Fsp3) is 0.947. The number of nitrogens with one attached hydrogen (secondary N) is 1. The molecule has 0 aromatic carbocycles. The van der Waals surface area contributed by atoms with E-state index in [1.165, 1.54) is 0 Å². The fourth-order valence-corrected chi connectivity index (χ4v) is 4.70. The van der Waals surface area contributed by atoms with Gasteiger partial charge < -0.3 is 4.90 Å². The Morgan fingerprint density at radius 1 is 1.12 bits per heavy atom. The van der Waals surface area contributed by atoms with Crippen molar-refractivity contribution in [2.45, 2.75) is 86.1 Å². The van der Waals surface area contributed by atoms with Gasteiger partial charge in [-0.05, 0) is 30.6 Å². The first-order valence-corrected chi connectivity index (χ1v) is 9.06. The van der Waals surface area contributed by atoms with Crippen molar-refractivity contribution in [1.29, 1.82) is 0 Å². The van der Waals surface area contributed by atoms with Gasteiger partial charge in [0.2, 0.25) is 0 Å². The molecule has 5 nitrogen and oxygen atoms in total. The quantitative estimate of drug-likeness (QED) is 0.735. The van der Waals surface area contributed by atoms with Crippen molar-refractivity contribution in [2.75, 3.05) is 14.1 Å². The Hall–Kier alpha value is -0.810. The Morgan fingerprint density at radius 2 is 1.62 bits per heavy atom. The number of nitrogens with zero attached hydrogens (tertiary/aromatic N) is 3. The molecule has 2 saturated heterocycles. The van der Waals surface area contributed by atoms with E-state index in [0.717, 1.165) is 0 Å². The van der Waals surface area contributed by atoms with Gasteiger partial charge in [-0.25, -0.2) is 14.8 Å². The summed E-state index contributed by atoms with van der Waals surface area (Å²) in [6.45, 7) is 19.5. The van der Waals surface area contributed by atoms with E-state index in [1.54, 1.807) is 5.01 Å². The van der Waals surface area contributed by atoms with Crippen molar-refractivity contribution in [3.8, 4) is 0 Å². The highest BCUT2D eigenvalue weighted by Gasteiger charge is 2.63. The summed E-state index contributed by atoms with van der Waals surface area (Å²) < 4.78 is 8.87. The van der Waals surface area contributed by atoms with E-state index in [-0.39, 0.29) is 40.4 Å². The molecule has 2 amide bonds. The van der Waals surface area contributed by atoms with Crippen molar-refractivity contribution in [2.24, 2.45) is 16.7 Å².